The van der Waals surface area contributed by atoms with Gasteiger partial charge in [0, 0.05) is 11.5 Å². The zero-order chi connectivity index (χ0) is 34.3. The van der Waals surface area contributed by atoms with E-state index in [-0.39, 0.29) is 34.8 Å². The summed E-state index contributed by atoms with van der Waals surface area (Å²) < 4.78 is 5.52. The van der Waals surface area contributed by atoms with Crippen LogP contribution >= 0.6 is 11.6 Å². The molecule has 3 aromatic rings. The molecule has 3 aromatic carbocycles. The molecule has 9 nitrogen and oxygen atoms in total. The number of aromatic hydroxyl groups is 1. The predicted octanol–water partition coefficient (Wildman–Crippen LogP) is 6.15. The molecule has 2 N–H and O–H groups in total. The lowest BCUT2D eigenvalue weighted by molar-refractivity contribution is -0.146. The minimum absolute atomic E-state index is 0.0259. The number of amides is 4. The Morgan fingerprint density at radius 2 is 1.62 bits per heavy atom. The molecule has 0 radical (unpaired) electrons. The highest BCUT2D eigenvalue weighted by Gasteiger charge is 2.70. The molecule has 2 saturated heterocycles. The molecule has 248 valence electrons. The fourth-order valence-electron chi connectivity index (χ4n) is 8.70. The van der Waals surface area contributed by atoms with Crippen molar-refractivity contribution >= 4 is 40.9 Å². The summed E-state index contributed by atoms with van der Waals surface area (Å²) >= 11 is 6.61. The van der Waals surface area contributed by atoms with Gasteiger partial charge >= 0.3 is 0 Å². The van der Waals surface area contributed by atoms with Crippen LogP contribution in [0.4, 0.5) is 5.69 Å². The normalized spacial score (nSPS) is 28.2. The number of allylic oxidation sites excluding steroid dienone is 2. The van der Waals surface area contributed by atoms with Crippen LogP contribution in [-0.4, -0.2) is 51.3 Å². The number of benzene rings is 3. The molecule has 7 rings (SSSR count). The summed E-state index contributed by atoms with van der Waals surface area (Å²) in [6.45, 7) is 7.49. The van der Waals surface area contributed by atoms with Gasteiger partial charge in [0.2, 0.25) is 11.8 Å². The number of carbonyl (C=O) groups is 4. The van der Waals surface area contributed by atoms with Gasteiger partial charge in [-0.3, -0.25) is 29.5 Å². The van der Waals surface area contributed by atoms with Gasteiger partial charge in [-0.05, 0) is 81.8 Å². The third-order valence-corrected chi connectivity index (χ3v) is 11.0. The van der Waals surface area contributed by atoms with E-state index < -0.39 is 52.4 Å². The average molecular weight is 668 g/mol. The molecule has 2 heterocycles. The van der Waals surface area contributed by atoms with E-state index in [0.717, 1.165) is 16.1 Å². The zero-order valence-electron chi connectivity index (χ0n) is 27.5. The second-order valence-corrected chi connectivity index (χ2v) is 14.7. The molecule has 3 fully saturated rings. The fourth-order valence-corrected chi connectivity index (χ4v) is 8.92. The van der Waals surface area contributed by atoms with Crippen molar-refractivity contribution in [1.29, 1.82) is 0 Å². The number of aryl methyl sites for hydroxylation is 1. The Morgan fingerprint density at radius 1 is 0.938 bits per heavy atom. The Morgan fingerprint density at radius 3 is 2.27 bits per heavy atom. The van der Waals surface area contributed by atoms with Crippen molar-refractivity contribution < 1.29 is 29.0 Å². The number of hydrogen-bond donors (Lipinski definition) is 2. The average Bonchev–Trinajstić information content (AvgIpc) is 3.45. The van der Waals surface area contributed by atoms with Crippen LogP contribution < -0.4 is 10.2 Å². The summed E-state index contributed by atoms with van der Waals surface area (Å²) in [6, 6.07) is 19.9. The Hall–Kier alpha value is -4.63. The maximum Gasteiger partial charge on any atom is 0.260 e. The number of rotatable bonds is 5. The molecule has 10 heteroatoms. The number of phenolic OH excluding ortho intramolecular Hbond substituents is 1. The highest BCUT2D eigenvalue weighted by atomic mass is 35.5. The number of hydrogen-bond acceptors (Lipinski definition) is 7. The first-order chi connectivity index (χ1) is 22.8. The molecule has 6 atom stereocenters. The minimum Gasteiger partial charge on any atom is -0.503 e. The van der Waals surface area contributed by atoms with Crippen LogP contribution in [0.5, 0.6) is 11.5 Å². The van der Waals surface area contributed by atoms with Crippen molar-refractivity contribution in [2.24, 2.45) is 23.7 Å². The number of carbonyl (C=O) groups excluding carboxylic acids is 4. The number of nitrogens with one attached hydrogen (secondary N) is 1. The van der Waals surface area contributed by atoms with E-state index in [1.165, 1.54) is 12.0 Å². The van der Waals surface area contributed by atoms with Crippen LogP contribution in [0.1, 0.15) is 56.2 Å². The Bertz CT molecular complexity index is 1880. The number of anilines is 1. The summed E-state index contributed by atoms with van der Waals surface area (Å²) in [7, 11) is 1.42. The number of ether oxygens (including phenoxy) is 1. The van der Waals surface area contributed by atoms with Crippen LogP contribution in [-0.2, 0) is 24.6 Å². The number of phenols is 1. The SMILES string of the molecule is COc1cc([C@H]2C3=CC[C@@H]4C(=O)N(C(C)(C)C)C(=O)[C@@H]4[C@@H]3C[C@H]3C(=O)N(Nc4ccc(C)cc4)C(=O)[C@@]23c2ccccc2)cc(Cl)c1O. The van der Waals surface area contributed by atoms with Crippen molar-refractivity contribution in [3.8, 4) is 11.5 Å². The number of fused-ring (bicyclic) bond motifs is 4. The summed E-state index contributed by atoms with van der Waals surface area (Å²) in [6.07, 6.45) is 2.50. The minimum atomic E-state index is -1.45. The predicted molar refractivity (Wildman–Crippen MR) is 180 cm³/mol. The standard InChI is InChI=1S/C38H38ClN3O6/c1-20-11-13-23(14-12-20)40-42-34(45)27-19-26-24(15-16-25-30(26)35(46)41(33(25)44)37(2,3)4)31(21-17-28(39)32(43)29(18-21)48-5)38(27,36(42)47)22-9-7-6-8-10-22/h6-15,17-18,25-27,30-31,40,43H,16,19H2,1-5H3/t25-,26+,27-,30-,31-,38+/m0/s1. The lowest BCUT2D eigenvalue weighted by Crippen LogP contribution is -2.53. The first-order valence-corrected chi connectivity index (χ1v) is 16.6. The number of halogens is 1. The van der Waals surface area contributed by atoms with Gasteiger partial charge in [0.15, 0.2) is 11.5 Å². The first kappa shape index (κ1) is 31.9. The van der Waals surface area contributed by atoms with Crippen LogP contribution in [0.25, 0.3) is 0 Å². The lowest BCUT2D eigenvalue weighted by atomic mass is 9.49. The Labute approximate surface area is 284 Å². The fraction of sp³-hybridized carbons (Fsp3) is 0.368. The maximum absolute atomic E-state index is 15.2. The molecule has 48 heavy (non-hydrogen) atoms. The number of nitrogens with zero attached hydrogens (tertiary/aromatic N) is 2. The highest BCUT2D eigenvalue weighted by molar-refractivity contribution is 6.32. The van der Waals surface area contributed by atoms with E-state index in [0.29, 0.717) is 23.2 Å². The smallest absolute Gasteiger partial charge is 0.260 e. The van der Waals surface area contributed by atoms with Gasteiger partial charge in [-0.15, -0.1) is 0 Å². The maximum atomic E-state index is 15.2. The number of imide groups is 2. The zero-order valence-corrected chi connectivity index (χ0v) is 28.2. The van der Waals surface area contributed by atoms with E-state index in [9.17, 15) is 19.5 Å². The van der Waals surface area contributed by atoms with Crippen LogP contribution in [0, 0.1) is 30.6 Å². The van der Waals surface area contributed by atoms with Crippen molar-refractivity contribution in [1.82, 2.24) is 9.91 Å². The van der Waals surface area contributed by atoms with Gasteiger partial charge in [0.1, 0.15) is 0 Å². The molecule has 4 amide bonds. The highest BCUT2D eigenvalue weighted by Crippen LogP contribution is 2.64. The third kappa shape index (κ3) is 4.50. The van der Waals surface area contributed by atoms with E-state index in [4.69, 9.17) is 16.3 Å². The number of hydrazine groups is 1. The third-order valence-electron chi connectivity index (χ3n) is 10.7. The van der Waals surface area contributed by atoms with E-state index in [2.05, 4.69) is 5.43 Å². The molecule has 2 aliphatic carbocycles. The van der Waals surface area contributed by atoms with Gasteiger partial charge < -0.3 is 9.84 Å². The summed E-state index contributed by atoms with van der Waals surface area (Å²) in [5.41, 5.74) is 4.52. The second-order valence-electron chi connectivity index (χ2n) is 14.3. The van der Waals surface area contributed by atoms with Crippen LogP contribution in [0.15, 0.2) is 78.4 Å². The quantitative estimate of drug-likeness (QED) is 0.248. The van der Waals surface area contributed by atoms with Crippen LogP contribution in [0.3, 0.4) is 0 Å². The van der Waals surface area contributed by atoms with Gasteiger partial charge in [-0.1, -0.05) is 71.3 Å². The molecule has 0 aromatic heterocycles. The first-order valence-electron chi connectivity index (χ1n) is 16.2. The molecule has 0 bridgehead atoms. The lowest BCUT2D eigenvalue weighted by Gasteiger charge is -2.50. The van der Waals surface area contributed by atoms with Gasteiger partial charge in [0.25, 0.3) is 11.8 Å². The van der Waals surface area contributed by atoms with Crippen molar-refractivity contribution in [2.45, 2.75) is 57.4 Å². The molecule has 2 aliphatic heterocycles. The van der Waals surface area contributed by atoms with Crippen molar-refractivity contribution in [2.75, 3.05) is 12.5 Å². The largest absolute Gasteiger partial charge is 0.503 e. The van der Waals surface area contributed by atoms with E-state index >= 15 is 4.79 Å². The molecule has 4 aliphatic rings. The molecular weight excluding hydrogens is 630 g/mol. The Kier molecular flexibility index (Phi) is 7.47. The number of likely N-dealkylation sites (tertiary alicyclic amines) is 1. The van der Waals surface area contributed by atoms with E-state index in [1.807, 2.05) is 88.4 Å². The summed E-state index contributed by atoms with van der Waals surface area (Å²) in [5, 5.41) is 11.9. The van der Waals surface area contributed by atoms with Gasteiger partial charge in [-0.2, -0.15) is 5.01 Å². The summed E-state index contributed by atoms with van der Waals surface area (Å²) in [4.78, 5) is 59.3. The van der Waals surface area contributed by atoms with Crippen LogP contribution in [0.2, 0.25) is 5.02 Å². The van der Waals surface area contributed by atoms with Gasteiger partial charge in [0.05, 0.1) is 41.0 Å². The molecule has 0 spiro atoms. The van der Waals surface area contributed by atoms with Crippen molar-refractivity contribution in [3.63, 3.8) is 0 Å². The summed E-state index contributed by atoms with van der Waals surface area (Å²) in [5.74, 6) is -4.91. The van der Waals surface area contributed by atoms with Crippen molar-refractivity contribution in [3.05, 3.63) is 100 Å². The monoisotopic (exact) mass is 667 g/mol. The molecular formula is C38H38ClN3O6. The van der Waals surface area contributed by atoms with E-state index in [1.54, 1.807) is 12.1 Å². The Balaban J connectivity index is 1.48. The second kappa shape index (κ2) is 11.2. The topological polar surface area (TPSA) is 116 Å². The molecule has 0 unspecified atom stereocenters. The number of methoxy groups -OCH3 is 1. The molecule has 1 saturated carbocycles. The van der Waals surface area contributed by atoms with Gasteiger partial charge in [-0.25, -0.2) is 0 Å².